The summed E-state index contributed by atoms with van der Waals surface area (Å²) in [7, 11) is 0. The van der Waals surface area contributed by atoms with Crippen LogP contribution in [0.5, 0.6) is 0 Å². The molecule has 0 aromatic rings. The molecule has 4 N–H and O–H groups in total. The fourth-order valence-corrected chi connectivity index (χ4v) is 1.20. The standard InChI is InChI=1S/C11H21NO4/c1-2-3-4-5-8-16-10(13)7-6-9(12)11(14)15/h9H,2-8,12H2,1H3,(H,14,15)/p+1. The Labute approximate surface area is 96.0 Å². The molecule has 0 saturated heterocycles. The van der Waals surface area contributed by atoms with Gasteiger partial charge in [0.25, 0.3) is 0 Å². The predicted octanol–water partition coefficient (Wildman–Crippen LogP) is 0.585. The van der Waals surface area contributed by atoms with Crippen LogP contribution in [0.15, 0.2) is 0 Å². The maximum absolute atomic E-state index is 11.2. The molecule has 94 valence electrons. The molecule has 0 fully saturated rings. The molecule has 0 spiro atoms. The summed E-state index contributed by atoms with van der Waals surface area (Å²) >= 11 is 0. The Balaban J connectivity index is 3.41. The van der Waals surface area contributed by atoms with Crippen LogP contribution in [0.1, 0.15) is 45.4 Å². The van der Waals surface area contributed by atoms with Crippen LogP contribution in [0.3, 0.4) is 0 Å². The van der Waals surface area contributed by atoms with E-state index in [0.29, 0.717) is 6.61 Å². The van der Waals surface area contributed by atoms with Crippen LogP contribution in [-0.2, 0) is 14.3 Å². The normalized spacial score (nSPS) is 12.1. The van der Waals surface area contributed by atoms with E-state index in [1.165, 1.54) is 0 Å². The van der Waals surface area contributed by atoms with Gasteiger partial charge in [0.1, 0.15) is 0 Å². The molecule has 0 radical (unpaired) electrons. The quantitative estimate of drug-likeness (QED) is 0.449. The molecular formula is C11H22NO4+. The highest BCUT2D eigenvalue weighted by atomic mass is 16.5. The van der Waals surface area contributed by atoms with Crippen LogP contribution < -0.4 is 5.73 Å². The molecule has 0 heterocycles. The van der Waals surface area contributed by atoms with Gasteiger partial charge in [0.15, 0.2) is 6.04 Å². The highest BCUT2D eigenvalue weighted by Gasteiger charge is 2.17. The van der Waals surface area contributed by atoms with E-state index in [4.69, 9.17) is 9.84 Å². The first-order valence-electron chi connectivity index (χ1n) is 5.79. The number of aliphatic carboxylic acids is 1. The van der Waals surface area contributed by atoms with Gasteiger partial charge in [-0.15, -0.1) is 0 Å². The summed E-state index contributed by atoms with van der Waals surface area (Å²) in [5.74, 6) is -1.30. The Morgan fingerprint density at radius 2 is 2.00 bits per heavy atom. The number of esters is 1. The molecule has 0 aromatic carbocycles. The Kier molecular flexibility index (Phi) is 8.52. The summed E-state index contributed by atoms with van der Waals surface area (Å²) < 4.78 is 4.96. The highest BCUT2D eigenvalue weighted by molar-refractivity contribution is 5.74. The van der Waals surface area contributed by atoms with Crippen LogP contribution in [0, 0.1) is 0 Å². The second-order valence-electron chi connectivity index (χ2n) is 3.85. The molecule has 1 unspecified atom stereocenters. The van der Waals surface area contributed by atoms with Crippen molar-refractivity contribution in [3.05, 3.63) is 0 Å². The summed E-state index contributed by atoms with van der Waals surface area (Å²) in [6, 6.07) is -0.729. The number of unbranched alkanes of at least 4 members (excludes halogenated alkanes) is 3. The molecular weight excluding hydrogens is 210 g/mol. The van der Waals surface area contributed by atoms with E-state index >= 15 is 0 Å². The molecule has 0 aromatic heterocycles. The van der Waals surface area contributed by atoms with Gasteiger partial charge in [0, 0.05) is 6.42 Å². The van der Waals surface area contributed by atoms with Gasteiger partial charge < -0.3 is 15.6 Å². The average Bonchev–Trinajstić information content (AvgIpc) is 2.25. The average molecular weight is 232 g/mol. The van der Waals surface area contributed by atoms with E-state index in [2.05, 4.69) is 12.7 Å². The number of carbonyl (C=O) groups is 2. The molecule has 1 atom stereocenters. The summed E-state index contributed by atoms with van der Waals surface area (Å²) in [4.78, 5) is 21.6. The molecule has 5 nitrogen and oxygen atoms in total. The van der Waals surface area contributed by atoms with Crippen molar-refractivity contribution in [1.82, 2.24) is 0 Å². The Hall–Kier alpha value is -1.10. The zero-order valence-corrected chi connectivity index (χ0v) is 9.91. The van der Waals surface area contributed by atoms with E-state index in [1.54, 1.807) is 0 Å². The molecule has 0 saturated carbocycles. The summed E-state index contributed by atoms with van der Waals surface area (Å²) in [5.41, 5.74) is 3.42. The molecule has 16 heavy (non-hydrogen) atoms. The minimum absolute atomic E-state index is 0.133. The zero-order chi connectivity index (χ0) is 12.4. The number of ether oxygens (including phenoxy) is 1. The third kappa shape index (κ3) is 8.23. The third-order valence-electron chi connectivity index (χ3n) is 2.31. The lowest BCUT2D eigenvalue weighted by molar-refractivity contribution is -0.408. The van der Waals surface area contributed by atoms with Gasteiger partial charge in [-0.2, -0.15) is 0 Å². The smallest absolute Gasteiger partial charge is 0.362 e. The summed E-state index contributed by atoms with van der Waals surface area (Å²) in [5, 5.41) is 8.55. The largest absolute Gasteiger partial charge is 0.477 e. The van der Waals surface area contributed by atoms with Crippen LogP contribution in [-0.4, -0.2) is 29.7 Å². The number of hydrogen-bond acceptors (Lipinski definition) is 3. The Morgan fingerprint density at radius 1 is 1.31 bits per heavy atom. The SMILES string of the molecule is CCCCCCOC(=O)CCC([NH3+])C(=O)O. The topological polar surface area (TPSA) is 91.2 Å². The number of quaternary nitrogens is 1. The number of carboxylic acid groups (broad SMARTS) is 1. The maximum atomic E-state index is 11.2. The van der Waals surface area contributed by atoms with Crippen LogP contribution in [0.2, 0.25) is 0 Å². The van der Waals surface area contributed by atoms with E-state index in [1.807, 2.05) is 0 Å². The van der Waals surface area contributed by atoms with E-state index in [9.17, 15) is 9.59 Å². The van der Waals surface area contributed by atoms with Crippen molar-refractivity contribution in [2.75, 3.05) is 6.61 Å². The molecule has 0 aliphatic rings. The maximum Gasteiger partial charge on any atom is 0.362 e. The predicted molar refractivity (Wildman–Crippen MR) is 58.6 cm³/mol. The van der Waals surface area contributed by atoms with Gasteiger partial charge in [-0.3, -0.25) is 4.79 Å². The van der Waals surface area contributed by atoms with Gasteiger partial charge >= 0.3 is 11.9 Å². The molecule has 0 amide bonds. The van der Waals surface area contributed by atoms with Crippen molar-refractivity contribution >= 4 is 11.9 Å². The van der Waals surface area contributed by atoms with Crippen molar-refractivity contribution in [2.45, 2.75) is 51.5 Å². The van der Waals surface area contributed by atoms with Gasteiger partial charge in [-0.05, 0) is 6.42 Å². The van der Waals surface area contributed by atoms with Crippen molar-refractivity contribution in [1.29, 1.82) is 0 Å². The monoisotopic (exact) mass is 232 g/mol. The lowest BCUT2D eigenvalue weighted by Crippen LogP contribution is -2.64. The lowest BCUT2D eigenvalue weighted by atomic mass is 10.2. The van der Waals surface area contributed by atoms with Gasteiger partial charge in [0.05, 0.1) is 13.0 Å². The number of hydrogen-bond donors (Lipinski definition) is 2. The van der Waals surface area contributed by atoms with Crippen LogP contribution in [0.4, 0.5) is 0 Å². The fraction of sp³-hybridized carbons (Fsp3) is 0.818. The summed E-state index contributed by atoms with van der Waals surface area (Å²) in [6.45, 7) is 2.56. The molecule has 0 aliphatic heterocycles. The number of carbonyl (C=O) groups excluding carboxylic acids is 1. The van der Waals surface area contributed by atoms with Crippen LogP contribution in [0.25, 0.3) is 0 Å². The molecule has 5 heteroatoms. The summed E-state index contributed by atoms with van der Waals surface area (Å²) in [6.07, 6.45) is 4.62. The lowest BCUT2D eigenvalue weighted by Gasteiger charge is -2.05. The minimum atomic E-state index is -0.976. The number of carboxylic acids is 1. The first kappa shape index (κ1) is 14.9. The van der Waals surface area contributed by atoms with E-state index in [-0.39, 0.29) is 18.8 Å². The fourth-order valence-electron chi connectivity index (χ4n) is 1.20. The third-order valence-corrected chi connectivity index (χ3v) is 2.31. The zero-order valence-electron chi connectivity index (χ0n) is 9.91. The second kappa shape index (κ2) is 9.15. The Morgan fingerprint density at radius 3 is 2.56 bits per heavy atom. The van der Waals surface area contributed by atoms with Crippen molar-refractivity contribution < 1.29 is 25.2 Å². The first-order chi connectivity index (χ1) is 7.57. The minimum Gasteiger partial charge on any atom is -0.477 e. The molecule has 0 bridgehead atoms. The molecule has 0 aliphatic carbocycles. The van der Waals surface area contributed by atoms with Gasteiger partial charge in [0.2, 0.25) is 0 Å². The number of rotatable bonds is 9. The van der Waals surface area contributed by atoms with E-state index < -0.39 is 12.0 Å². The van der Waals surface area contributed by atoms with Gasteiger partial charge in [-0.25, -0.2) is 4.79 Å². The van der Waals surface area contributed by atoms with Crippen molar-refractivity contribution in [3.8, 4) is 0 Å². The van der Waals surface area contributed by atoms with Crippen molar-refractivity contribution in [3.63, 3.8) is 0 Å². The molecule has 0 rings (SSSR count). The Bertz CT molecular complexity index is 218. The van der Waals surface area contributed by atoms with Crippen molar-refractivity contribution in [2.24, 2.45) is 0 Å². The second-order valence-corrected chi connectivity index (χ2v) is 3.85. The van der Waals surface area contributed by atoms with E-state index in [0.717, 1.165) is 25.7 Å². The van der Waals surface area contributed by atoms with Gasteiger partial charge in [-0.1, -0.05) is 26.2 Å². The van der Waals surface area contributed by atoms with Crippen LogP contribution >= 0.6 is 0 Å². The highest BCUT2D eigenvalue weighted by Crippen LogP contribution is 2.01. The first-order valence-corrected chi connectivity index (χ1v) is 5.79.